The lowest BCUT2D eigenvalue weighted by atomic mass is 10.0. The van der Waals surface area contributed by atoms with Crippen molar-refractivity contribution >= 4 is 0 Å². The number of hydrogen-bond donors (Lipinski definition) is 2. The molecule has 2 atom stereocenters. The molecule has 1 aromatic heterocycles. The van der Waals surface area contributed by atoms with Crippen molar-refractivity contribution in [3.63, 3.8) is 0 Å². The van der Waals surface area contributed by atoms with Crippen molar-refractivity contribution in [2.24, 2.45) is 5.92 Å². The molecule has 60 valence electrons. The number of aromatic amines is 1. The van der Waals surface area contributed by atoms with E-state index in [-0.39, 0.29) is 0 Å². The molecular formula is C7H12N4. The van der Waals surface area contributed by atoms with Gasteiger partial charge in [0.05, 0.1) is 6.04 Å². The molecule has 0 aromatic carbocycles. The average molecular weight is 152 g/mol. The molecule has 1 saturated heterocycles. The maximum absolute atomic E-state index is 4.12. The monoisotopic (exact) mass is 152 g/mol. The Balaban J connectivity index is 2.16. The van der Waals surface area contributed by atoms with Gasteiger partial charge in [0.15, 0.2) is 0 Å². The van der Waals surface area contributed by atoms with Gasteiger partial charge in [-0.3, -0.25) is 5.10 Å². The molecule has 4 heteroatoms. The van der Waals surface area contributed by atoms with E-state index in [4.69, 9.17) is 0 Å². The zero-order chi connectivity index (χ0) is 7.68. The van der Waals surface area contributed by atoms with Gasteiger partial charge in [-0.2, -0.15) is 5.10 Å². The minimum Gasteiger partial charge on any atom is -0.307 e. The van der Waals surface area contributed by atoms with E-state index in [1.807, 2.05) is 0 Å². The molecule has 2 rings (SSSR count). The van der Waals surface area contributed by atoms with Gasteiger partial charge in [-0.05, 0) is 18.9 Å². The van der Waals surface area contributed by atoms with Crippen LogP contribution in [0.25, 0.3) is 0 Å². The van der Waals surface area contributed by atoms with Crippen molar-refractivity contribution < 1.29 is 0 Å². The standard InChI is InChI=1S/C7H12N4/c1-5-2-3-8-6(5)7-9-4-10-11-7/h4-6,8H,2-3H2,1H3,(H,9,10,11). The molecular weight excluding hydrogens is 140 g/mol. The quantitative estimate of drug-likeness (QED) is 0.615. The van der Waals surface area contributed by atoms with Crippen LogP contribution in [0.4, 0.5) is 0 Å². The van der Waals surface area contributed by atoms with Gasteiger partial charge in [0.1, 0.15) is 12.2 Å². The van der Waals surface area contributed by atoms with Crippen LogP contribution in [0.5, 0.6) is 0 Å². The van der Waals surface area contributed by atoms with E-state index >= 15 is 0 Å². The molecule has 1 aliphatic rings. The van der Waals surface area contributed by atoms with Crippen LogP contribution in [0.1, 0.15) is 25.2 Å². The zero-order valence-corrected chi connectivity index (χ0v) is 6.54. The normalized spacial score (nSPS) is 31.0. The first-order valence-electron chi connectivity index (χ1n) is 3.96. The first kappa shape index (κ1) is 6.79. The Morgan fingerprint density at radius 1 is 1.64 bits per heavy atom. The maximum atomic E-state index is 4.12. The predicted molar refractivity (Wildman–Crippen MR) is 40.9 cm³/mol. The van der Waals surface area contributed by atoms with Crippen molar-refractivity contribution in [1.29, 1.82) is 0 Å². The summed E-state index contributed by atoms with van der Waals surface area (Å²) in [5, 5.41) is 10.1. The Labute approximate surface area is 65.4 Å². The number of aromatic nitrogens is 3. The van der Waals surface area contributed by atoms with E-state index in [1.165, 1.54) is 6.42 Å². The first-order valence-corrected chi connectivity index (χ1v) is 3.96. The molecule has 2 N–H and O–H groups in total. The van der Waals surface area contributed by atoms with Crippen LogP contribution in [0, 0.1) is 5.92 Å². The molecule has 0 radical (unpaired) electrons. The highest BCUT2D eigenvalue weighted by Gasteiger charge is 2.25. The van der Waals surface area contributed by atoms with Crippen LogP contribution >= 0.6 is 0 Å². The number of nitrogens with zero attached hydrogens (tertiary/aromatic N) is 2. The lowest BCUT2D eigenvalue weighted by Crippen LogP contribution is -2.17. The molecule has 1 aliphatic heterocycles. The Morgan fingerprint density at radius 3 is 3.09 bits per heavy atom. The fourth-order valence-electron chi connectivity index (χ4n) is 1.57. The fraction of sp³-hybridized carbons (Fsp3) is 0.714. The Hall–Kier alpha value is -0.900. The van der Waals surface area contributed by atoms with E-state index < -0.39 is 0 Å². The van der Waals surface area contributed by atoms with Crippen LogP contribution in [0.2, 0.25) is 0 Å². The topological polar surface area (TPSA) is 53.6 Å². The summed E-state index contributed by atoms with van der Waals surface area (Å²) in [6.45, 7) is 3.32. The predicted octanol–water partition coefficient (Wildman–Crippen LogP) is 0.475. The average Bonchev–Trinajstić information content (AvgIpc) is 2.55. The second kappa shape index (κ2) is 2.62. The molecule has 2 heterocycles. The second-order valence-corrected chi connectivity index (χ2v) is 3.07. The van der Waals surface area contributed by atoms with Crippen LogP contribution in [-0.2, 0) is 0 Å². The highest BCUT2D eigenvalue weighted by molar-refractivity contribution is 4.97. The third kappa shape index (κ3) is 1.14. The van der Waals surface area contributed by atoms with Gasteiger partial charge in [-0.1, -0.05) is 6.92 Å². The van der Waals surface area contributed by atoms with Gasteiger partial charge in [0, 0.05) is 0 Å². The van der Waals surface area contributed by atoms with Crippen LogP contribution in [0.15, 0.2) is 6.33 Å². The SMILES string of the molecule is CC1CCNC1c1ncn[nH]1. The number of H-pyrrole nitrogens is 1. The van der Waals surface area contributed by atoms with Crippen molar-refractivity contribution in [3.8, 4) is 0 Å². The summed E-state index contributed by atoms with van der Waals surface area (Å²) in [5.74, 6) is 1.64. The van der Waals surface area contributed by atoms with Crippen molar-refractivity contribution in [3.05, 3.63) is 12.2 Å². The number of hydrogen-bond acceptors (Lipinski definition) is 3. The third-order valence-corrected chi connectivity index (χ3v) is 2.26. The molecule has 1 fully saturated rings. The molecule has 11 heavy (non-hydrogen) atoms. The second-order valence-electron chi connectivity index (χ2n) is 3.07. The van der Waals surface area contributed by atoms with E-state index in [0.717, 1.165) is 12.4 Å². The largest absolute Gasteiger partial charge is 0.307 e. The molecule has 4 nitrogen and oxygen atoms in total. The molecule has 0 bridgehead atoms. The molecule has 0 spiro atoms. The van der Waals surface area contributed by atoms with Gasteiger partial charge in [0.25, 0.3) is 0 Å². The van der Waals surface area contributed by atoms with E-state index in [2.05, 4.69) is 27.4 Å². The summed E-state index contributed by atoms with van der Waals surface area (Å²) in [4.78, 5) is 4.12. The van der Waals surface area contributed by atoms with Gasteiger partial charge in [0.2, 0.25) is 0 Å². The summed E-state index contributed by atoms with van der Waals surface area (Å²) < 4.78 is 0. The summed E-state index contributed by atoms with van der Waals surface area (Å²) >= 11 is 0. The molecule has 0 amide bonds. The van der Waals surface area contributed by atoms with E-state index in [9.17, 15) is 0 Å². The summed E-state index contributed by atoms with van der Waals surface area (Å²) in [5.41, 5.74) is 0. The molecule has 2 unspecified atom stereocenters. The van der Waals surface area contributed by atoms with Crippen molar-refractivity contribution in [2.75, 3.05) is 6.54 Å². The van der Waals surface area contributed by atoms with Crippen LogP contribution < -0.4 is 5.32 Å². The lowest BCUT2D eigenvalue weighted by molar-refractivity contribution is 0.481. The van der Waals surface area contributed by atoms with Crippen LogP contribution in [0.3, 0.4) is 0 Å². The molecule has 1 aromatic rings. The molecule has 0 saturated carbocycles. The summed E-state index contributed by atoms with van der Waals surface area (Å²) in [7, 11) is 0. The highest BCUT2D eigenvalue weighted by Crippen LogP contribution is 2.25. The lowest BCUT2D eigenvalue weighted by Gasteiger charge is -2.10. The summed E-state index contributed by atoms with van der Waals surface area (Å²) in [6.07, 6.45) is 2.79. The Bertz CT molecular complexity index is 218. The minimum absolute atomic E-state index is 0.387. The first-order chi connectivity index (χ1) is 5.38. The fourth-order valence-corrected chi connectivity index (χ4v) is 1.57. The maximum Gasteiger partial charge on any atom is 0.141 e. The van der Waals surface area contributed by atoms with Gasteiger partial charge in [-0.15, -0.1) is 0 Å². The third-order valence-electron chi connectivity index (χ3n) is 2.26. The van der Waals surface area contributed by atoms with Gasteiger partial charge in [-0.25, -0.2) is 4.98 Å². The number of rotatable bonds is 1. The van der Waals surface area contributed by atoms with Crippen molar-refractivity contribution in [1.82, 2.24) is 20.5 Å². The van der Waals surface area contributed by atoms with E-state index in [1.54, 1.807) is 6.33 Å². The zero-order valence-electron chi connectivity index (χ0n) is 6.54. The minimum atomic E-state index is 0.387. The summed E-state index contributed by atoms with van der Waals surface area (Å²) in [6, 6.07) is 0.387. The van der Waals surface area contributed by atoms with Crippen molar-refractivity contribution in [2.45, 2.75) is 19.4 Å². The van der Waals surface area contributed by atoms with E-state index in [0.29, 0.717) is 12.0 Å². The highest BCUT2D eigenvalue weighted by atomic mass is 15.2. The smallest absolute Gasteiger partial charge is 0.141 e. The molecule has 0 aliphatic carbocycles. The van der Waals surface area contributed by atoms with Gasteiger partial charge >= 0.3 is 0 Å². The van der Waals surface area contributed by atoms with Crippen LogP contribution in [-0.4, -0.2) is 21.7 Å². The Morgan fingerprint density at radius 2 is 2.55 bits per heavy atom. The number of nitrogens with one attached hydrogen (secondary N) is 2. The Kier molecular flexibility index (Phi) is 1.62. The van der Waals surface area contributed by atoms with Gasteiger partial charge < -0.3 is 5.32 Å².